The van der Waals surface area contributed by atoms with Gasteiger partial charge in [0.25, 0.3) is 0 Å². The van der Waals surface area contributed by atoms with Gasteiger partial charge in [-0.2, -0.15) is 0 Å². The number of aliphatic carboxylic acids is 1. The summed E-state index contributed by atoms with van der Waals surface area (Å²) < 4.78 is 5.46. The molecule has 0 heterocycles. The van der Waals surface area contributed by atoms with Crippen LogP contribution in [0.3, 0.4) is 0 Å². The summed E-state index contributed by atoms with van der Waals surface area (Å²) in [6.07, 6.45) is 17.5. The van der Waals surface area contributed by atoms with Crippen LogP contribution in [-0.4, -0.2) is 34.4 Å². The van der Waals surface area contributed by atoms with Gasteiger partial charge in [0, 0.05) is 0 Å². The van der Waals surface area contributed by atoms with E-state index in [4.69, 9.17) is 9.84 Å². The van der Waals surface area contributed by atoms with Gasteiger partial charge < -0.3 is 14.9 Å². The minimum absolute atomic E-state index is 0.207. The van der Waals surface area contributed by atoms with Crippen LogP contribution in [0.1, 0.15) is 129 Å². The molecule has 0 saturated heterocycles. The SMILES string of the molecule is CCCCCCCCCCCC(CCCCCCCC)OC(=O)C(O)CC(=O)O. The smallest absolute Gasteiger partial charge is 0.335 e. The Hall–Kier alpha value is -1.10. The fourth-order valence-corrected chi connectivity index (χ4v) is 3.59. The molecule has 0 aromatic rings. The standard InChI is InChI=1S/C24H46O5/c1-3-5-7-9-11-12-13-15-17-19-21(18-16-14-10-8-6-4-2)29-24(28)22(25)20-23(26)27/h21-22,25H,3-20H2,1-2H3,(H,26,27). The third-order valence-electron chi connectivity index (χ3n) is 5.43. The van der Waals surface area contributed by atoms with Crippen LogP contribution >= 0.6 is 0 Å². The van der Waals surface area contributed by atoms with Crippen molar-refractivity contribution in [2.75, 3.05) is 0 Å². The molecule has 5 heteroatoms. The Balaban J connectivity index is 4.13. The molecule has 0 amide bonds. The average molecular weight is 415 g/mol. The number of hydrogen-bond donors (Lipinski definition) is 2. The highest BCUT2D eigenvalue weighted by Gasteiger charge is 2.23. The second-order valence-corrected chi connectivity index (χ2v) is 8.35. The van der Waals surface area contributed by atoms with E-state index in [1.165, 1.54) is 70.6 Å². The quantitative estimate of drug-likeness (QED) is 0.168. The third kappa shape index (κ3) is 18.7. The summed E-state index contributed by atoms with van der Waals surface area (Å²) >= 11 is 0. The van der Waals surface area contributed by atoms with Crippen molar-refractivity contribution in [3.63, 3.8) is 0 Å². The number of carbonyl (C=O) groups is 2. The number of ether oxygens (including phenoxy) is 1. The van der Waals surface area contributed by atoms with Crippen molar-refractivity contribution in [3.05, 3.63) is 0 Å². The number of rotatable bonds is 21. The first-order chi connectivity index (χ1) is 14.0. The lowest BCUT2D eigenvalue weighted by molar-refractivity contribution is -0.163. The van der Waals surface area contributed by atoms with Crippen LogP contribution in [0.15, 0.2) is 0 Å². The summed E-state index contributed by atoms with van der Waals surface area (Å²) in [5.41, 5.74) is 0. The Morgan fingerprint density at radius 3 is 1.45 bits per heavy atom. The number of aliphatic hydroxyl groups is 1. The normalized spacial score (nSPS) is 13.2. The highest BCUT2D eigenvalue weighted by Crippen LogP contribution is 2.18. The average Bonchev–Trinajstić information content (AvgIpc) is 2.68. The maximum atomic E-state index is 12.0. The van der Waals surface area contributed by atoms with Gasteiger partial charge in [0.15, 0.2) is 6.10 Å². The van der Waals surface area contributed by atoms with Gasteiger partial charge in [-0.15, -0.1) is 0 Å². The molecule has 2 N–H and O–H groups in total. The zero-order valence-electron chi connectivity index (χ0n) is 19.0. The molecule has 0 aliphatic carbocycles. The van der Waals surface area contributed by atoms with Gasteiger partial charge >= 0.3 is 11.9 Å². The van der Waals surface area contributed by atoms with Crippen molar-refractivity contribution in [1.29, 1.82) is 0 Å². The lowest BCUT2D eigenvalue weighted by Crippen LogP contribution is -2.30. The molecule has 0 aliphatic heterocycles. The van der Waals surface area contributed by atoms with Crippen molar-refractivity contribution in [1.82, 2.24) is 0 Å². The van der Waals surface area contributed by atoms with Crippen molar-refractivity contribution < 1.29 is 24.5 Å². The van der Waals surface area contributed by atoms with Crippen LogP contribution in [0.4, 0.5) is 0 Å². The van der Waals surface area contributed by atoms with Crippen molar-refractivity contribution in [2.24, 2.45) is 0 Å². The van der Waals surface area contributed by atoms with Crippen LogP contribution < -0.4 is 0 Å². The van der Waals surface area contributed by atoms with Crippen LogP contribution in [0.5, 0.6) is 0 Å². The molecule has 2 unspecified atom stereocenters. The van der Waals surface area contributed by atoms with Crippen molar-refractivity contribution >= 4 is 11.9 Å². The number of aliphatic hydroxyl groups excluding tert-OH is 1. The van der Waals surface area contributed by atoms with Crippen LogP contribution in [0.25, 0.3) is 0 Å². The van der Waals surface area contributed by atoms with E-state index in [1.54, 1.807) is 0 Å². The Kier molecular flexibility index (Phi) is 19.4. The van der Waals surface area contributed by atoms with Gasteiger partial charge in [0.2, 0.25) is 0 Å². The molecule has 0 fully saturated rings. The summed E-state index contributed by atoms with van der Waals surface area (Å²) in [6, 6.07) is 0. The van der Waals surface area contributed by atoms with Gasteiger partial charge in [-0.25, -0.2) is 4.79 Å². The predicted octanol–water partition coefficient (Wildman–Crippen LogP) is 6.41. The number of esters is 1. The van der Waals surface area contributed by atoms with E-state index >= 15 is 0 Å². The first-order valence-electron chi connectivity index (χ1n) is 12.1. The van der Waals surface area contributed by atoms with Gasteiger partial charge in [0.1, 0.15) is 6.10 Å². The molecule has 0 aliphatic rings. The minimum Gasteiger partial charge on any atom is -0.481 e. The first-order valence-corrected chi connectivity index (χ1v) is 12.1. The first kappa shape index (κ1) is 27.9. The number of hydrogen-bond acceptors (Lipinski definition) is 4. The maximum absolute atomic E-state index is 12.0. The fraction of sp³-hybridized carbons (Fsp3) is 0.917. The van der Waals surface area contributed by atoms with Crippen LogP contribution in [-0.2, 0) is 14.3 Å². The Morgan fingerprint density at radius 2 is 1.07 bits per heavy atom. The lowest BCUT2D eigenvalue weighted by atomic mass is 10.0. The molecular formula is C24H46O5. The number of carboxylic acid groups (broad SMARTS) is 1. The summed E-state index contributed by atoms with van der Waals surface area (Å²) in [5.74, 6) is -1.99. The molecule has 5 nitrogen and oxygen atoms in total. The van der Waals surface area contributed by atoms with Gasteiger partial charge in [-0.05, 0) is 25.7 Å². The Morgan fingerprint density at radius 1 is 0.690 bits per heavy atom. The number of carbonyl (C=O) groups excluding carboxylic acids is 1. The van der Waals surface area contributed by atoms with E-state index in [9.17, 15) is 14.7 Å². The van der Waals surface area contributed by atoms with E-state index in [-0.39, 0.29) is 6.10 Å². The third-order valence-corrected chi connectivity index (χ3v) is 5.43. The Bertz CT molecular complexity index is 397. The summed E-state index contributed by atoms with van der Waals surface area (Å²) in [4.78, 5) is 22.7. The lowest BCUT2D eigenvalue weighted by Gasteiger charge is -2.19. The van der Waals surface area contributed by atoms with Crippen molar-refractivity contribution in [2.45, 2.75) is 142 Å². The second-order valence-electron chi connectivity index (χ2n) is 8.35. The summed E-state index contributed by atoms with van der Waals surface area (Å²) in [5, 5.41) is 18.4. The summed E-state index contributed by atoms with van der Waals surface area (Å²) in [7, 11) is 0. The fourth-order valence-electron chi connectivity index (χ4n) is 3.59. The van der Waals surface area contributed by atoms with E-state index in [0.717, 1.165) is 38.5 Å². The minimum atomic E-state index is -1.57. The molecule has 0 spiro atoms. The predicted molar refractivity (Wildman–Crippen MR) is 118 cm³/mol. The zero-order valence-corrected chi connectivity index (χ0v) is 19.0. The van der Waals surface area contributed by atoms with Crippen molar-refractivity contribution in [3.8, 4) is 0 Å². The summed E-state index contributed by atoms with van der Waals surface area (Å²) in [6.45, 7) is 4.43. The molecule has 0 radical (unpaired) electrons. The second kappa shape index (κ2) is 20.2. The number of unbranched alkanes of at least 4 members (excludes halogenated alkanes) is 13. The Labute approximate surface area is 178 Å². The molecular weight excluding hydrogens is 368 g/mol. The van der Waals surface area contributed by atoms with Gasteiger partial charge in [0.05, 0.1) is 6.42 Å². The van der Waals surface area contributed by atoms with E-state index in [1.807, 2.05) is 0 Å². The van der Waals surface area contributed by atoms with E-state index < -0.39 is 24.5 Å². The molecule has 0 bridgehead atoms. The van der Waals surface area contributed by atoms with Gasteiger partial charge in [-0.1, -0.05) is 97.3 Å². The molecule has 0 saturated carbocycles. The molecule has 0 rings (SSSR count). The van der Waals surface area contributed by atoms with E-state index in [2.05, 4.69) is 13.8 Å². The molecule has 172 valence electrons. The van der Waals surface area contributed by atoms with E-state index in [0.29, 0.717) is 0 Å². The van der Waals surface area contributed by atoms with Gasteiger partial charge in [-0.3, -0.25) is 4.79 Å². The molecule has 0 aromatic heterocycles. The molecule has 29 heavy (non-hydrogen) atoms. The molecule has 2 atom stereocenters. The topological polar surface area (TPSA) is 83.8 Å². The molecule has 0 aromatic carbocycles. The highest BCUT2D eigenvalue weighted by molar-refractivity contribution is 5.80. The zero-order chi connectivity index (χ0) is 21.7. The monoisotopic (exact) mass is 414 g/mol. The maximum Gasteiger partial charge on any atom is 0.335 e. The van der Waals surface area contributed by atoms with Crippen LogP contribution in [0, 0.1) is 0 Å². The van der Waals surface area contributed by atoms with Crippen LogP contribution in [0.2, 0.25) is 0 Å². The number of carboxylic acids is 1. The largest absolute Gasteiger partial charge is 0.481 e. The highest BCUT2D eigenvalue weighted by atomic mass is 16.6.